The van der Waals surface area contributed by atoms with Crippen molar-refractivity contribution in [1.29, 1.82) is 0 Å². The van der Waals surface area contributed by atoms with Crippen molar-refractivity contribution in [3.8, 4) is 0 Å². The highest BCUT2D eigenvalue weighted by Crippen LogP contribution is 2.26. The number of nitrogens with zero attached hydrogens (tertiary/aromatic N) is 2. The number of aromatic nitrogens is 2. The highest BCUT2D eigenvalue weighted by atomic mass is 32.1. The molecular formula is C13H14N2S. The highest BCUT2D eigenvalue weighted by molar-refractivity contribution is 7.23. The minimum absolute atomic E-state index is 0.663. The normalized spacial score (nSPS) is 11.9. The molecule has 2 aromatic heterocycles. The third-order valence-electron chi connectivity index (χ3n) is 2.67. The van der Waals surface area contributed by atoms with Crippen molar-refractivity contribution >= 4 is 26.5 Å². The number of thiazole rings is 1. The van der Waals surface area contributed by atoms with E-state index in [0.717, 1.165) is 11.4 Å². The quantitative estimate of drug-likeness (QED) is 0.655. The molecule has 0 aliphatic carbocycles. The molecule has 0 saturated carbocycles. The van der Waals surface area contributed by atoms with E-state index in [2.05, 4.69) is 53.7 Å². The van der Waals surface area contributed by atoms with Crippen molar-refractivity contribution in [3.63, 3.8) is 0 Å². The number of benzene rings is 1. The summed E-state index contributed by atoms with van der Waals surface area (Å²) in [5.41, 5.74) is 2.47. The summed E-state index contributed by atoms with van der Waals surface area (Å²) in [5.74, 6) is 0.663. The molecule has 16 heavy (non-hydrogen) atoms. The summed E-state index contributed by atoms with van der Waals surface area (Å²) in [5, 5.41) is 0. The molecule has 0 amide bonds. The minimum atomic E-state index is 0.663. The zero-order chi connectivity index (χ0) is 11.1. The van der Waals surface area contributed by atoms with Crippen LogP contribution in [0.15, 0.2) is 30.5 Å². The van der Waals surface area contributed by atoms with Crippen LogP contribution in [0.1, 0.15) is 19.5 Å². The number of hydrogen-bond donors (Lipinski definition) is 0. The Morgan fingerprint density at radius 1 is 1.31 bits per heavy atom. The largest absolute Gasteiger partial charge is 0.290 e. The third kappa shape index (κ3) is 1.52. The van der Waals surface area contributed by atoms with Crippen molar-refractivity contribution < 1.29 is 0 Å². The van der Waals surface area contributed by atoms with Gasteiger partial charge in [-0.3, -0.25) is 4.40 Å². The summed E-state index contributed by atoms with van der Waals surface area (Å²) in [6, 6.07) is 8.46. The van der Waals surface area contributed by atoms with E-state index >= 15 is 0 Å². The van der Waals surface area contributed by atoms with Crippen molar-refractivity contribution in [2.75, 3.05) is 0 Å². The Kier molecular flexibility index (Phi) is 2.21. The highest BCUT2D eigenvalue weighted by Gasteiger charge is 2.08. The predicted octanol–water partition coefficient (Wildman–Crippen LogP) is 3.75. The van der Waals surface area contributed by atoms with Gasteiger partial charge in [-0.1, -0.05) is 37.3 Å². The number of fused-ring (bicyclic) bond motifs is 3. The molecule has 0 aliphatic heterocycles. The lowest BCUT2D eigenvalue weighted by molar-refractivity contribution is 0.638. The summed E-state index contributed by atoms with van der Waals surface area (Å²) in [4.78, 5) is 5.78. The van der Waals surface area contributed by atoms with Gasteiger partial charge in [0.05, 0.1) is 15.9 Å². The Labute approximate surface area is 98.6 Å². The molecule has 3 aromatic rings. The first-order chi connectivity index (χ1) is 7.74. The van der Waals surface area contributed by atoms with Gasteiger partial charge in [-0.25, -0.2) is 4.98 Å². The fraction of sp³-hybridized carbons (Fsp3) is 0.308. The van der Waals surface area contributed by atoms with Crippen LogP contribution in [0.2, 0.25) is 0 Å². The summed E-state index contributed by atoms with van der Waals surface area (Å²) < 4.78 is 3.51. The molecule has 0 fully saturated rings. The van der Waals surface area contributed by atoms with Gasteiger partial charge in [0.2, 0.25) is 0 Å². The van der Waals surface area contributed by atoms with Crippen LogP contribution in [-0.4, -0.2) is 9.38 Å². The first kappa shape index (κ1) is 9.85. The standard InChI is InChI=1S/C13H14N2S/c1-9(2)7-10-8-15-11-5-3-4-6-12(11)16-13(15)14-10/h3-6,8-9H,7H2,1-2H3. The van der Waals surface area contributed by atoms with E-state index in [-0.39, 0.29) is 0 Å². The average molecular weight is 230 g/mol. The van der Waals surface area contributed by atoms with Crippen LogP contribution in [0.4, 0.5) is 0 Å². The maximum absolute atomic E-state index is 4.67. The van der Waals surface area contributed by atoms with Crippen LogP contribution in [0.5, 0.6) is 0 Å². The fourth-order valence-corrected chi connectivity index (χ4v) is 3.04. The molecule has 0 unspecified atom stereocenters. The van der Waals surface area contributed by atoms with Gasteiger partial charge in [-0.05, 0) is 24.5 Å². The molecule has 0 aliphatic rings. The molecular weight excluding hydrogens is 216 g/mol. The van der Waals surface area contributed by atoms with E-state index in [1.807, 2.05) is 0 Å². The predicted molar refractivity (Wildman–Crippen MR) is 69.1 cm³/mol. The Morgan fingerprint density at radius 3 is 2.94 bits per heavy atom. The zero-order valence-electron chi connectivity index (χ0n) is 9.47. The zero-order valence-corrected chi connectivity index (χ0v) is 10.3. The third-order valence-corrected chi connectivity index (χ3v) is 3.70. The van der Waals surface area contributed by atoms with Gasteiger partial charge in [-0.2, -0.15) is 0 Å². The van der Waals surface area contributed by atoms with Crippen LogP contribution >= 0.6 is 11.3 Å². The molecule has 2 heterocycles. The lowest BCUT2D eigenvalue weighted by Gasteiger charge is -1.98. The van der Waals surface area contributed by atoms with Gasteiger partial charge in [-0.15, -0.1) is 0 Å². The van der Waals surface area contributed by atoms with E-state index in [1.54, 1.807) is 11.3 Å². The van der Waals surface area contributed by atoms with E-state index in [1.165, 1.54) is 15.9 Å². The fourth-order valence-electron chi connectivity index (χ4n) is 2.01. The summed E-state index contributed by atoms with van der Waals surface area (Å²) in [7, 11) is 0. The van der Waals surface area contributed by atoms with Crippen LogP contribution < -0.4 is 0 Å². The molecule has 2 nitrogen and oxygen atoms in total. The molecule has 0 bridgehead atoms. The van der Waals surface area contributed by atoms with Gasteiger partial charge in [0, 0.05) is 6.20 Å². The maximum Gasteiger partial charge on any atom is 0.194 e. The lowest BCUT2D eigenvalue weighted by Crippen LogP contribution is -1.93. The molecule has 0 radical (unpaired) electrons. The van der Waals surface area contributed by atoms with Crippen LogP contribution in [0.25, 0.3) is 15.2 Å². The van der Waals surface area contributed by atoms with Crippen molar-refractivity contribution in [1.82, 2.24) is 9.38 Å². The Bertz CT molecular complexity index is 634. The number of para-hydroxylation sites is 1. The molecule has 3 rings (SSSR count). The summed E-state index contributed by atoms with van der Waals surface area (Å²) in [6.07, 6.45) is 3.23. The molecule has 0 N–H and O–H groups in total. The Balaban J connectivity index is 2.18. The van der Waals surface area contributed by atoms with Gasteiger partial charge >= 0.3 is 0 Å². The second-order valence-corrected chi connectivity index (χ2v) is 5.56. The Hall–Kier alpha value is -1.35. The lowest BCUT2D eigenvalue weighted by atomic mass is 10.1. The summed E-state index contributed by atoms with van der Waals surface area (Å²) >= 11 is 1.76. The SMILES string of the molecule is CC(C)Cc1cn2c(n1)sc1ccccc12. The number of hydrogen-bond acceptors (Lipinski definition) is 2. The average Bonchev–Trinajstić information content (AvgIpc) is 2.73. The van der Waals surface area contributed by atoms with E-state index < -0.39 is 0 Å². The molecule has 0 spiro atoms. The number of imidazole rings is 1. The molecule has 0 saturated heterocycles. The first-order valence-corrected chi connectivity index (χ1v) is 6.41. The van der Waals surface area contributed by atoms with E-state index in [9.17, 15) is 0 Å². The maximum atomic E-state index is 4.67. The second-order valence-electron chi connectivity index (χ2n) is 4.55. The van der Waals surface area contributed by atoms with E-state index in [4.69, 9.17) is 0 Å². The van der Waals surface area contributed by atoms with Crippen LogP contribution in [0, 0.1) is 5.92 Å². The minimum Gasteiger partial charge on any atom is -0.290 e. The smallest absolute Gasteiger partial charge is 0.194 e. The van der Waals surface area contributed by atoms with Gasteiger partial charge in [0.1, 0.15) is 0 Å². The van der Waals surface area contributed by atoms with Gasteiger partial charge in [0.25, 0.3) is 0 Å². The molecule has 3 heteroatoms. The van der Waals surface area contributed by atoms with Gasteiger partial charge < -0.3 is 0 Å². The molecule has 0 atom stereocenters. The van der Waals surface area contributed by atoms with E-state index in [0.29, 0.717) is 5.92 Å². The Morgan fingerprint density at radius 2 is 2.12 bits per heavy atom. The second kappa shape index (κ2) is 3.59. The van der Waals surface area contributed by atoms with Crippen molar-refractivity contribution in [2.45, 2.75) is 20.3 Å². The number of rotatable bonds is 2. The topological polar surface area (TPSA) is 17.3 Å². The molecule has 82 valence electrons. The van der Waals surface area contributed by atoms with Crippen molar-refractivity contribution in [2.24, 2.45) is 5.92 Å². The summed E-state index contributed by atoms with van der Waals surface area (Å²) in [6.45, 7) is 4.46. The monoisotopic (exact) mass is 230 g/mol. The molecule has 1 aromatic carbocycles. The first-order valence-electron chi connectivity index (χ1n) is 5.59. The van der Waals surface area contributed by atoms with Gasteiger partial charge in [0.15, 0.2) is 4.96 Å². The van der Waals surface area contributed by atoms with Crippen LogP contribution in [-0.2, 0) is 6.42 Å². The van der Waals surface area contributed by atoms with Crippen molar-refractivity contribution in [3.05, 3.63) is 36.2 Å². The van der Waals surface area contributed by atoms with Crippen LogP contribution in [0.3, 0.4) is 0 Å².